The molecule has 29 heavy (non-hydrogen) atoms. The van der Waals surface area contributed by atoms with Crippen molar-refractivity contribution < 1.29 is 0 Å². The average molecular weight is 390 g/mol. The molecule has 150 valence electrons. The lowest BCUT2D eigenvalue weighted by Crippen LogP contribution is -2.42. The topological polar surface area (TPSA) is 77.5 Å². The molecule has 3 aliphatic rings. The number of imidazole rings is 1. The summed E-state index contributed by atoms with van der Waals surface area (Å²) in [6.45, 7) is 4.30. The minimum atomic E-state index is 0.195. The lowest BCUT2D eigenvalue weighted by Gasteiger charge is -2.41. The third kappa shape index (κ3) is 2.54. The van der Waals surface area contributed by atoms with Crippen molar-refractivity contribution in [3.8, 4) is 11.6 Å². The standard InChI is InChI=1S/C21H26N8/c1-3-16-19-26-23-12-28(19)17-13(2)24-21(27-11-10-22-18(27)14-8-9-14)25-20(17)29(16)15-6-4-5-7-15/h10-12,14-16H,3-9H2,1-2H3/t16-/m1/s1. The molecule has 0 radical (unpaired) electrons. The van der Waals surface area contributed by atoms with Crippen molar-refractivity contribution >= 4 is 5.82 Å². The molecule has 8 heteroatoms. The number of fused-ring (bicyclic) bond motifs is 3. The Morgan fingerprint density at radius 3 is 2.62 bits per heavy atom. The van der Waals surface area contributed by atoms with Crippen LogP contribution in [0.25, 0.3) is 11.6 Å². The van der Waals surface area contributed by atoms with Gasteiger partial charge in [-0.05, 0) is 39.0 Å². The van der Waals surface area contributed by atoms with Crippen LogP contribution >= 0.6 is 0 Å². The molecule has 2 fully saturated rings. The van der Waals surface area contributed by atoms with Crippen LogP contribution in [0.5, 0.6) is 0 Å². The van der Waals surface area contributed by atoms with Gasteiger partial charge in [0.05, 0.1) is 11.7 Å². The van der Waals surface area contributed by atoms with Crippen LogP contribution in [-0.4, -0.2) is 40.3 Å². The van der Waals surface area contributed by atoms with Crippen LogP contribution in [0, 0.1) is 6.92 Å². The second kappa shape index (κ2) is 6.37. The molecule has 0 aromatic carbocycles. The molecule has 6 rings (SSSR count). The summed E-state index contributed by atoms with van der Waals surface area (Å²) in [6.07, 6.45) is 14.0. The Kier molecular flexibility index (Phi) is 3.76. The number of rotatable bonds is 4. The predicted octanol–water partition coefficient (Wildman–Crippen LogP) is 3.64. The van der Waals surface area contributed by atoms with E-state index in [9.17, 15) is 0 Å². The van der Waals surface area contributed by atoms with E-state index in [2.05, 4.69) is 43.1 Å². The van der Waals surface area contributed by atoms with Gasteiger partial charge in [0.15, 0.2) is 11.6 Å². The molecule has 3 aromatic rings. The van der Waals surface area contributed by atoms with Gasteiger partial charge in [-0.1, -0.05) is 19.8 Å². The lowest BCUT2D eigenvalue weighted by molar-refractivity contribution is 0.467. The maximum Gasteiger partial charge on any atom is 0.237 e. The van der Waals surface area contributed by atoms with Crippen molar-refractivity contribution in [1.82, 2.24) is 34.3 Å². The van der Waals surface area contributed by atoms with Crippen LogP contribution in [-0.2, 0) is 0 Å². The van der Waals surface area contributed by atoms with E-state index in [1.54, 1.807) is 0 Å². The van der Waals surface area contributed by atoms with Crippen molar-refractivity contribution in [1.29, 1.82) is 0 Å². The summed E-state index contributed by atoms with van der Waals surface area (Å²) in [4.78, 5) is 17.2. The van der Waals surface area contributed by atoms with Gasteiger partial charge in [0.1, 0.15) is 17.8 Å². The monoisotopic (exact) mass is 390 g/mol. The van der Waals surface area contributed by atoms with Gasteiger partial charge in [-0.15, -0.1) is 10.2 Å². The average Bonchev–Trinajstić information content (AvgIpc) is 3.16. The summed E-state index contributed by atoms with van der Waals surface area (Å²) in [7, 11) is 0. The SMILES string of the molecule is CC[C@@H]1c2nncn2-c2c(C)nc(-n3ccnc3C3CC3)nc2N1C1CCCC1. The minimum absolute atomic E-state index is 0.195. The number of aryl methyl sites for hydroxylation is 1. The second-order valence-electron chi connectivity index (χ2n) is 8.54. The first-order chi connectivity index (χ1) is 14.3. The van der Waals surface area contributed by atoms with E-state index in [-0.39, 0.29) is 6.04 Å². The fraction of sp³-hybridized carbons (Fsp3) is 0.571. The summed E-state index contributed by atoms with van der Waals surface area (Å²) in [5.41, 5.74) is 1.98. The first-order valence-electron chi connectivity index (χ1n) is 10.9. The largest absolute Gasteiger partial charge is 0.341 e. The Balaban J connectivity index is 1.56. The van der Waals surface area contributed by atoms with Crippen LogP contribution < -0.4 is 4.90 Å². The van der Waals surface area contributed by atoms with E-state index in [0.717, 1.165) is 41.2 Å². The van der Waals surface area contributed by atoms with Crippen molar-refractivity contribution in [2.45, 2.75) is 76.8 Å². The maximum atomic E-state index is 5.15. The molecule has 0 saturated heterocycles. The van der Waals surface area contributed by atoms with Crippen molar-refractivity contribution in [2.24, 2.45) is 0 Å². The molecule has 0 bridgehead atoms. The second-order valence-corrected chi connectivity index (χ2v) is 8.54. The number of anilines is 1. The predicted molar refractivity (Wildman–Crippen MR) is 109 cm³/mol. The van der Waals surface area contributed by atoms with E-state index < -0.39 is 0 Å². The lowest BCUT2D eigenvalue weighted by atomic mass is 10.0. The van der Waals surface area contributed by atoms with Gasteiger partial charge in [0.25, 0.3) is 0 Å². The molecular weight excluding hydrogens is 364 g/mol. The van der Waals surface area contributed by atoms with Gasteiger partial charge in [-0.3, -0.25) is 9.13 Å². The molecule has 0 spiro atoms. The zero-order valence-corrected chi connectivity index (χ0v) is 17.0. The Labute approximate surface area is 170 Å². The Morgan fingerprint density at radius 2 is 1.86 bits per heavy atom. The first-order valence-corrected chi connectivity index (χ1v) is 10.9. The van der Waals surface area contributed by atoms with Crippen LogP contribution in [0.1, 0.15) is 81.2 Å². The number of nitrogens with zero attached hydrogens (tertiary/aromatic N) is 8. The molecule has 1 atom stereocenters. The molecule has 0 amide bonds. The van der Waals surface area contributed by atoms with Crippen molar-refractivity contribution in [3.05, 3.63) is 36.1 Å². The highest BCUT2D eigenvalue weighted by atomic mass is 15.4. The van der Waals surface area contributed by atoms with Gasteiger partial charge in [-0.2, -0.15) is 4.98 Å². The summed E-state index contributed by atoms with van der Waals surface area (Å²) in [5, 5.41) is 8.73. The van der Waals surface area contributed by atoms with Crippen molar-refractivity contribution in [2.75, 3.05) is 4.90 Å². The molecule has 0 N–H and O–H groups in total. The highest BCUT2D eigenvalue weighted by molar-refractivity contribution is 5.65. The fourth-order valence-corrected chi connectivity index (χ4v) is 5.14. The smallest absolute Gasteiger partial charge is 0.237 e. The maximum absolute atomic E-state index is 5.15. The van der Waals surface area contributed by atoms with E-state index in [0.29, 0.717) is 12.0 Å². The van der Waals surface area contributed by atoms with Gasteiger partial charge < -0.3 is 4.90 Å². The first kappa shape index (κ1) is 17.1. The molecular formula is C21H26N8. The summed E-state index contributed by atoms with van der Waals surface area (Å²) < 4.78 is 4.18. The van der Waals surface area contributed by atoms with Crippen LogP contribution in [0.15, 0.2) is 18.7 Å². The molecule has 3 aromatic heterocycles. The fourth-order valence-electron chi connectivity index (χ4n) is 5.14. The van der Waals surface area contributed by atoms with Gasteiger partial charge >= 0.3 is 0 Å². The number of hydrogen-bond acceptors (Lipinski definition) is 6. The molecule has 2 aliphatic carbocycles. The van der Waals surface area contributed by atoms with E-state index in [1.165, 1.54) is 38.5 Å². The molecule has 4 heterocycles. The minimum Gasteiger partial charge on any atom is -0.341 e. The Bertz CT molecular complexity index is 1060. The third-order valence-electron chi connectivity index (χ3n) is 6.65. The zero-order valence-electron chi connectivity index (χ0n) is 17.0. The highest BCUT2D eigenvalue weighted by Crippen LogP contribution is 2.44. The Hall–Kier alpha value is -2.77. The number of aromatic nitrogens is 7. The number of hydrogen-bond donors (Lipinski definition) is 0. The summed E-state index contributed by atoms with van der Waals surface area (Å²) >= 11 is 0. The molecule has 1 aliphatic heterocycles. The van der Waals surface area contributed by atoms with Gasteiger partial charge in [-0.25, -0.2) is 9.97 Å². The zero-order chi connectivity index (χ0) is 19.5. The highest BCUT2D eigenvalue weighted by Gasteiger charge is 2.39. The molecule has 2 saturated carbocycles. The quantitative estimate of drug-likeness (QED) is 0.677. The molecule has 8 nitrogen and oxygen atoms in total. The van der Waals surface area contributed by atoms with Gasteiger partial charge in [0.2, 0.25) is 5.95 Å². The van der Waals surface area contributed by atoms with E-state index >= 15 is 0 Å². The summed E-state index contributed by atoms with van der Waals surface area (Å²) in [5.74, 6) is 4.39. The molecule has 0 unspecified atom stereocenters. The van der Waals surface area contributed by atoms with Gasteiger partial charge in [0, 0.05) is 24.4 Å². The van der Waals surface area contributed by atoms with Crippen LogP contribution in [0.3, 0.4) is 0 Å². The third-order valence-corrected chi connectivity index (χ3v) is 6.65. The van der Waals surface area contributed by atoms with Crippen LogP contribution in [0.4, 0.5) is 5.82 Å². The van der Waals surface area contributed by atoms with E-state index in [1.807, 2.05) is 18.7 Å². The van der Waals surface area contributed by atoms with E-state index in [4.69, 9.17) is 9.97 Å². The Morgan fingerprint density at radius 1 is 1.03 bits per heavy atom. The normalized spacial score (nSPS) is 21.4. The van der Waals surface area contributed by atoms with Crippen LogP contribution in [0.2, 0.25) is 0 Å². The summed E-state index contributed by atoms with van der Waals surface area (Å²) in [6, 6.07) is 0.693. The van der Waals surface area contributed by atoms with Crippen molar-refractivity contribution in [3.63, 3.8) is 0 Å².